The van der Waals surface area contributed by atoms with Gasteiger partial charge in [-0.1, -0.05) is 65.8 Å². The summed E-state index contributed by atoms with van der Waals surface area (Å²) < 4.78 is 18.5. The lowest BCUT2D eigenvalue weighted by molar-refractivity contribution is -0.135. The molecule has 0 atom stereocenters. The van der Waals surface area contributed by atoms with E-state index >= 15 is 0 Å². The highest BCUT2D eigenvalue weighted by Crippen LogP contribution is 2.43. The van der Waals surface area contributed by atoms with E-state index in [4.69, 9.17) is 13.6 Å². The number of hydrogen-bond acceptors (Lipinski definition) is 4. The van der Waals surface area contributed by atoms with Gasteiger partial charge in [0, 0.05) is 17.2 Å². The fraction of sp³-hybridized carbons (Fsp3) is 0.577. The van der Waals surface area contributed by atoms with Crippen molar-refractivity contribution in [2.24, 2.45) is 0 Å². The lowest BCUT2D eigenvalue weighted by Crippen LogP contribution is -2.44. The quantitative estimate of drug-likeness (QED) is 0.385. The van der Waals surface area contributed by atoms with Gasteiger partial charge in [-0.15, -0.1) is 0 Å². The molecule has 0 aromatic heterocycles. The zero-order chi connectivity index (χ0) is 24.5. The summed E-state index contributed by atoms with van der Waals surface area (Å²) in [6.45, 7) is 21.9. The molecule has 0 N–H and O–H groups in total. The second kappa shape index (κ2) is 9.22. The molecule has 0 spiro atoms. The van der Waals surface area contributed by atoms with Crippen LogP contribution >= 0.6 is 0 Å². The predicted octanol–water partition coefficient (Wildman–Crippen LogP) is 7.71. The Morgan fingerprint density at radius 2 is 1.41 bits per heavy atom. The van der Waals surface area contributed by atoms with E-state index in [9.17, 15) is 4.79 Å². The molecular weight excluding hydrogens is 432 g/mol. The highest BCUT2D eigenvalue weighted by Gasteiger charge is 2.41. The summed E-state index contributed by atoms with van der Waals surface area (Å²) in [5.41, 5.74) is 0.998. The van der Waals surface area contributed by atoms with Gasteiger partial charge in [0.05, 0.1) is 7.11 Å². The van der Waals surface area contributed by atoms with Crippen molar-refractivity contribution in [1.29, 1.82) is 0 Å². The van der Waals surface area contributed by atoms with Crippen molar-refractivity contribution in [2.45, 2.75) is 90.6 Å². The maximum Gasteiger partial charge on any atom is 0.292 e. The van der Waals surface area contributed by atoms with Crippen LogP contribution in [-0.2, 0) is 15.6 Å². The van der Waals surface area contributed by atoms with Crippen LogP contribution in [0, 0.1) is 0 Å². The highest BCUT2D eigenvalue weighted by atomic mass is 28.4. The molecule has 0 saturated carbocycles. The van der Waals surface area contributed by atoms with Gasteiger partial charge >= 0.3 is 0 Å². The molecule has 0 amide bonds. The van der Waals surface area contributed by atoms with Gasteiger partial charge in [0.1, 0.15) is 11.5 Å². The number of benzene rings is 2. The number of aryl methyl sites for hydroxylation is 1. The van der Waals surface area contributed by atoms with Crippen molar-refractivity contribution < 1.29 is 18.4 Å². The minimum absolute atomic E-state index is 0.00850. The van der Waals surface area contributed by atoms with Crippen LogP contribution in [0.3, 0.4) is 0 Å². The average Bonchev–Trinajstić information content (AvgIpc) is 2.65. The van der Waals surface area contributed by atoms with E-state index < -0.39 is 16.6 Å². The molecule has 2 rings (SSSR count). The molecule has 4 nitrogen and oxygen atoms in total. The number of methoxy groups -OCH3 is 1. The van der Waals surface area contributed by atoms with Crippen molar-refractivity contribution in [2.75, 3.05) is 7.11 Å². The third-order valence-electron chi connectivity index (χ3n) is 7.19. The highest BCUT2D eigenvalue weighted by molar-refractivity contribution is 6.75. The van der Waals surface area contributed by atoms with Gasteiger partial charge in [-0.3, -0.25) is 4.79 Å². The second-order valence-corrected chi connectivity index (χ2v) is 21.2. The SMILES string of the molecule is COc1cc(CCC(=O)O[Si](C)(C)C(C)(C)C)c(O[Si](C)(C)C(C)(C)C)c2ccccc12. The van der Waals surface area contributed by atoms with E-state index in [0.29, 0.717) is 12.8 Å². The van der Waals surface area contributed by atoms with Gasteiger partial charge in [0.2, 0.25) is 0 Å². The molecular formula is C26H42O4Si2. The summed E-state index contributed by atoms with van der Waals surface area (Å²) in [4.78, 5) is 12.8. The Morgan fingerprint density at radius 1 is 0.875 bits per heavy atom. The van der Waals surface area contributed by atoms with Crippen LogP contribution in [0.15, 0.2) is 30.3 Å². The third kappa shape index (κ3) is 5.76. The molecule has 0 radical (unpaired) electrons. The summed E-state index contributed by atoms with van der Waals surface area (Å²) in [5.74, 6) is 1.55. The minimum Gasteiger partial charge on any atom is -0.543 e. The zero-order valence-electron chi connectivity index (χ0n) is 21.9. The van der Waals surface area contributed by atoms with Gasteiger partial charge in [0.15, 0.2) is 0 Å². The Hall–Kier alpha value is -1.80. The number of rotatable bonds is 7. The summed E-state index contributed by atoms with van der Waals surface area (Å²) >= 11 is 0. The number of fused-ring (bicyclic) bond motifs is 1. The second-order valence-electron chi connectivity index (χ2n) is 11.7. The van der Waals surface area contributed by atoms with E-state index in [1.165, 1.54) is 0 Å². The maximum absolute atomic E-state index is 12.8. The zero-order valence-corrected chi connectivity index (χ0v) is 23.9. The van der Waals surface area contributed by atoms with Crippen molar-refractivity contribution in [3.05, 3.63) is 35.9 Å². The molecule has 0 unspecified atom stereocenters. The van der Waals surface area contributed by atoms with Gasteiger partial charge in [-0.05, 0) is 54.3 Å². The van der Waals surface area contributed by atoms with Crippen LogP contribution in [-0.4, -0.2) is 29.7 Å². The normalized spacial score (nSPS) is 13.2. The fourth-order valence-corrected chi connectivity index (χ4v) is 5.01. The summed E-state index contributed by atoms with van der Waals surface area (Å²) in [5, 5.41) is 2.11. The van der Waals surface area contributed by atoms with E-state index in [1.54, 1.807) is 7.11 Å². The lowest BCUT2D eigenvalue weighted by Gasteiger charge is -2.37. The van der Waals surface area contributed by atoms with Crippen LogP contribution in [0.5, 0.6) is 11.5 Å². The first-order valence-electron chi connectivity index (χ1n) is 11.5. The number of carbonyl (C=O) groups is 1. The number of ether oxygens (including phenoxy) is 1. The molecule has 0 aliphatic carbocycles. The third-order valence-corrected chi connectivity index (χ3v) is 15.9. The van der Waals surface area contributed by atoms with Crippen molar-refractivity contribution in [3.63, 3.8) is 0 Å². The van der Waals surface area contributed by atoms with Crippen molar-refractivity contribution >= 4 is 33.4 Å². The molecule has 32 heavy (non-hydrogen) atoms. The molecule has 178 valence electrons. The summed E-state index contributed by atoms with van der Waals surface area (Å²) in [6.07, 6.45) is 0.875. The first-order valence-corrected chi connectivity index (χ1v) is 17.3. The van der Waals surface area contributed by atoms with Crippen LogP contribution in [0.1, 0.15) is 53.5 Å². The largest absolute Gasteiger partial charge is 0.543 e. The standard InChI is InChI=1S/C26H42O4Si2/c1-25(2,3)31(8,9)29-23(27)17-16-19-18-22(28-7)20-14-12-13-15-21(20)24(19)30-32(10,11)26(4,5)6/h12-15,18H,16-17H2,1-11H3. The lowest BCUT2D eigenvalue weighted by atomic mass is 10.0. The topological polar surface area (TPSA) is 44.8 Å². The smallest absolute Gasteiger partial charge is 0.292 e. The molecule has 6 heteroatoms. The monoisotopic (exact) mass is 474 g/mol. The molecule has 0 saturated heterocycles. The summed E-state index contributed by atoms with van der Waals surface area (Å²) in [7, 11) is -2.55. The van der Waals surface area contributed by atoms with Gasteiger partial charge < -0.3 is 13.6 Å². The summed E-state index contributed by atoms with van der Waals surface area (Å²) in [6, 6.07) is 10.2. The molecule has 0 aliphatic rings. The minimum atomic E-state index is -2.14. The van der Waals surface area contributed by atoms with Crippen molar-refractivity contribution in [1.82, 2.24) is 0 Å². The van der Waals surface area contributed by atoms with Gasteiger partial charge in [0.25, 0.3) is 22.6 Å². The Balaban J connectivity index is 2.45. The average molecular weight is 475 g/mol. The molecule has 0 bridgehead atoms. The molecule has 0 aliphatic heterocycles. The van der Waals surface area contributed by atoms with Crippen LogP contribution in [0.2, 0.25) is 36.3 Å². The molecule has 0 heterocycles. The Kier molecular flexibility index (Phi) is 7.62. The van der Waals surface area contributed by atoms with Crippen LogP contribution < -0.4 is 9.16 Å². The molecule has 2 aromatic carbocycles. The van der Waals surface area contributed by atoms with E-state index in [-0.39, 0.29) is 16.0 Å². The Morgan fingerprint density at radius 3 is 1.91 bits per heavy atom. The van der Waals surface area contributed by atoms with Gasteiger partial charge in [-0.2, -0.15) is 0 Å². The van der Waals surface area contributed by atoms with Crippen molar-refractivity contribution in [3.8, 4) is 11.5 Å². The van der Waals surface area contributed by atoms with Gasteiger partial charge in [-0.25, -0.2) is 0 Å². The molecule has 0 fully saturated rings. The van der Waals surface area contributed by atoms with E-state index in [2.05, 4.69) is 79.9 Å². The number of hydrogen-bond donors (Lipinski definition) is 0. The first-order chi connectivity index (χ1) is 14.5. The first kappa shape index (κ1) is 26.5. The molecule has 2 aromatic rings. The number of carbonyl (C=O) groups excluding carboxylic acids is 1. The Labute approximate surface area is 196 Å². The predicted molar refractivity (Wildman–Crippen MR) is 140 cm³/mol. The Bertz CT molecular complexity index is 966. The fourth-order valence-electron chi connectivity index (χ4n) is 2.98. The van der Waals surface area contributed by atoms with E-state index in [0.717, 1.165) is 27.8 Å². The van der Waals surface area contributed by atoms with Crippen LogP contribution in [0.4, 0.5) is 0 Å². The van der Waals surface area contributed by atoms with E-state index in [1.807, 2.05) is 18.2 Å². The maximum atomic E-state index is 12.8. The van der Waals surface area contributed by atoms with Crippen LogP contribution in [0.25, 0.3) is 10.8 Å².